The van der Waals surface area contributed by atoms with Crippen molar-refractivity contribution in [1.29, 1.82) is 0 Å². The molecule has 0 bridgehead atoms. The zero-order chi connectivity index (χ0) is 22.7. The lowest BCUT2D eigenvalue weighted by Crippen LogP contribution is -2.39. The van der Waals surface area contributed by atoms with Crippen LogP contribution in [0.15, 0.2) is 30.5 Å². The largest absolute Gasteiger partial charge is 0.487 e. The second-order valence-corrected chi connectivity index (χ2v) is 7.73. The summed E-state index contributed by atoms with van der Waals surface area (Å²) in [5.74, 6) is -1.91. The first-order valence-electron chi connectivity index (χ1n) is 10.3. The van der Waals surface area contributed by atoms with Gasteiger partial charge in [-0.15, -0.1) is 0 Å². The summed E-state index contributed by atoms with van der Waals surface area (Å²) in [5, 5.41) is 14.3. The number of hydrogen-bond donors (Lipinski definition) is 1. The van der Waals surface area contributed by atoms with E-state index in [0.717, 1.165) is 18.3 Å². The molecule has 3 heterocycles. The molecular weight excluding hydrogens is 426 g/mol. The standard InChI is InChI=1S/C21H22F2N4O5/c22-13-1-2-20(16(23)9-13)32-15-3-6-26(7-4-15)18-10-17(24-11-19(18)27(29)30)21(28)25-14-5-8-31-12-14/h1-2,9-11,14-15H,3-8,12H2,(H,25,28)/t14-/m1/s1. The van der Waals surface area contributed by atoms with E-state index >= 15 is 0 Å². The third-order valence-corrected chi connectivity index (χ3v) is 5.53. The zero-order valence-electron chi connectivity index (χ0n) is 17.1. The number of benzene rings is 1. The first-order chi connectivity index (χ1) is 15.4. The maximum Gasteiger partial charge on any atom is 0.310 e. The van der Waals surface area contributed by atoms with Crippen LogP contribution in [0.3, 0.4) is 0 Å². The summed E-state index contributed by atoms with van der Waals surface area (Å²) in [6.45, 7) is 1.79. The predicted molar refractivity (Wildman–Crippen MR) is 110 cm³/mol. The Bertz CT molecular complexity index is 1010. The van der Waals surface area contributed by atoms with Crippen molar-refractivity contribution in [3.05, 3.63) is 57.9 Å². The molecule has 170 valence electrons. The first kappa shape index (κ1) is 21.9. The Morgan fingerprint density at radius 2 is 2.03 bits per heavy atom. The van der Waals surface area contributed by atoms with Crippen molar-refractivity contribution >= 4 is 17.3 Å². The Hall–Kier alpha value is -3.34. The highest BCUT2D eigenvalue weighted by Gasteiger charge is 2.28. The van der Waals surface area contributed by atoms with Crippen LogP contribution >= 0.6 is 0 Å². The summed E-state index contributed by atoms with van der Waals surface area (Å²) >= 11 is 0. The van der Waals surface area contributed by atoms with Gasteiger partial charge in [0.15, 0.2) is 11.6 Å². The van der Waals surface area contributed by atoms with Crippen LogP contribution in [-0.4, -0.2) is 54.3 Å². The van der Waals surface area contributed by atoms with Gasteiger partial charge in [0, 0.05) is 38.6 Å². The minimum Gasteiger partial charge on any atom is -0.487 e. The summed E-state index contributed by atoms with van der Waals surface area (Å²) in [5.41, 5.74) is 0.184. The van der Waals surface area contributed by atoms with Crippen LogP contribution in [0.4, 0.5) is 20.2 Å². The number of aromatic nitrogens is 1. The number of rotatable bonds is 6. The van der Waals surface area contributed by atoms with E-state index in [1.807, 2.05) is 0 Å². The number of pyridine rings is 1. The summed E-state index contributed by atoms with van der Waals surface area (Å²) < 4.78 is 37.8. The molecule has 1 N–H and O–H groups in total. The highest BCUT2D eigenvalue weighted by Crippen LogP contribution is 2.31. The second kappa shape index (κ2) is 9.43. The maximum atomic E-state index is 13.9. The average Bonchev–Trinajstić information content (AvgIpc) is 3.29. The van der Waals surface area contributed by atoms with Gasteiger partial charge in [-0.3, -0.25) is 14.9 Å². The number of hydrogen-bond acceptors (Lipinski definition) is 7. The van der Waals surface area contributed by atoms with E-state index in [1.165, 1.54) is 12.1 Å². The molecule has 2 fully saturated rings. The molecule has 0 spiro atoms. The topological polar surface area (TPSA) is 107 Å². The third kappa shape index (κ3) is 4.93. The lowest BCUT2D eigenvalue weighted by atomic mass is 10.1. The molecule has 32 heavy (non-hydrogen) atoms. The minimum atomic E-state index is -0.777. The van der Waals surface area contributed by atoms with E-state index in [0.29, 0.717) is 51.3 Å². The van der Waals surface area contributed by atoms with Crippen LogP contribution in [0, 0.1) is 21.7 Å². The Morgan fingerprint density at radius 3 is 2.69 bits per heavy atom. The number of nitrogens with zero attached hydrogens (tertiary/aromatic N) is 3. The quantitative estimate of drug-likeness (QED) is 0.535. The predicted octanol–water partition coefficient (Wildman–Crippen LogP) is 2.83. The van der Waals surface area contributed by atoms with Gasteiger partial charge < -0.3 is 19.7 Å². The van der Waals surface area contributed by atoms with E-state index in [4.69, 9.17) is 9.47 Å². The third-order valence-electron chi connectivity index (χ3n) is 5.53. The van der Waals surface area contributed by atoms with Crippen molar-refractivity contribution in [3.8, 4) is 5.75 Å². The van der Waals surface area contributed by atoms with Gasteiger partial charge >= 0.3 is 5.69 Å². The number of carbonyl (C=O) groups is 1. The number of anilines is 1. The normalized spacial score (nSPS) is 19.1. The van der Waals surface area contributed by atoms with Gasteiger partial charge in [-0.1, -0.05) is 0 Å². The molecule has 0 saturated carbocycles. The number of piperidine rings is 1. The van der Waals surface area contributed by atoms with Crippen LogP contribution in [0.25, 0.3) is 0 Å². The summed E-state index contributed by atoms with van der Waals surface area (Å²) in [4.78, 5) is 29.3. The Balaban J connectivity index is 1.45. The first-order valence-corrected chi connectivity index (χ1v) is 10.3. The molecule has 0 unspecified atom stereocenters. The van der Waals surface area contributed by atoms with Crippen LogP contribution in [0.2, 0.25) is 0 Å². The van der Waals surface area contributed by atoms with Gasteiger partial charge in [-0.25, -0.2) is 13.8 Å². The molecule has 2 aromatic rings. The molecule has 1 atom stereocenters. The van der Waals surface area contributed by atoms with Gasteiger partial charge in [0.05, 0.1) is 17.6 Å². The SMILES string of the molecule is O=C(N[C@@H]1CCOC1)c1cc(N2CCC(Oc3ccc(F)cc3F)CC2)c([N+](=O)[O-])cn1. The van der Waals surface area contributed by atoms with Crippen molar-refractivity contribution in [1.82, 2.24) is 10.3 Å². The highest BCUT2D eigenvalue weighted by atomic mass is 19.1. The second-order valence-electron chi connectivity index (χ2n) is 7.73. The maximum absolute atomic E-state index is 13.9. The number of ether oxygens (including phenoxy) is 2. The molecule has 1 aromatic carbocycles. The van der Waals surface area contributed by atoms with Crippen molar-refractivity contribution < 1.29 is 28.0 Å². The fourth-order valence-corrected chi connectivity index (χ4v) is 3.83. The molecule has 0 radical (unpaired) electrons. The Labute approximate surface area is 182 Å². The van der Waals surface area contributed by atoms with Crippen LogP contribution in [0.1, 0.15) is 29.8 Å². The fourth-order valence-electron chi connectivity index (χ4n) is 3.83. The van der Waals surface area contributed by atoms with Crippen LogP contribution < -0.4 is 15.0 Å². The van der Waals surface area contributed by atoms with E-state index in [9.17, 15) is 23.7 Å². The van der Waals surface area contributed by atoms with Gasteiger partial charge in [0.25, 0.3) is 5.91 Å². The fraction of sp³-hybridized carbons (Fsp3) is 0.429. The lowest BCUT2D eigenvalue weighted by Gasteiger charge is -2.33. The Morgan fingerprint density at radius 1 is 1.25 bits per heavy atom. The molecule has 2 aliphatic heterocycles. The lowest BCUT2D eigenvalue weighted by molar-refractivity contribution is -0.384. The molecule has 9 nitrogen and oxygen atoms in total. The van der Waals surface area contributed by atoms with Gasteiger partial charge in [0.1, 0.15) is 29.5 Å². The van der Waals surface area contributed by atoms with Crippen LogP contribution in [0.5, 0.6) is 5.75 Å². The molecule has 4 rings (SSSR count). The van der Waals surface area contributed by atoms with E-state index in [1.54, 1.807) is 4.90 Å². The molecule has 2 aliphatic rings. The van der Waals surface area contributed by atoms with E-state index in [-0.39, 0.29) is 29.3 Å². The van der Waals surface area contributed by atoms with Crippen molar-refractivity contribution in [2.45, 2.75) is 31.4 Å². The summed E-state index contributed by atoms with van der Waals surface area (Å²) in [6, 6.07) is 4.44. The number of nitro groups is 1. The summed E-state index contributed by atoms with van der Waals surface area (Å²) in [6.07, 6.45) is 2.41. The number of halogens is 2. The van der Waals surface area contributed by atoms with Crippen molar-refractivity contribution in [2.24, 2.45) is 0 Å². The van der Waals surface area contributed by atoms with E-state index in [2.05, 4.69) is 10.3 Å². The average molecular weight is 448 g/mol. The monoisotopic (exact) mass is 448 g/mol. The van der Waals surface area contributed by atoms with Gasteiger partial charge in [-0.2, -0.15) is 0 Å². The molecule has 0 aliphatic carbocycles. The van der Waals surface area contributed by atoms with Gasteiger partial charge in [-0.05, 0) is 24.6 Å². The zero-order valence-corrected chi connectivity index (χ0v) is 17.1. The van der Waals surface area contributed by atoms with Crippen molar-refractivity contribution in [3.63, 3.8) is 0 Å². The molecule has 2 saturated heterocycles. The number of nitrogens with one attached hydrogen (secondary N) is 1. The number of carbonyl (C=O) groups excluding carboxylic acids is 1. The molecule has 1 amide bonds. The number of amides is 1. The van der Waals surface area contributed by atoms with Crippen LogP contribution in [-0.2, 0) is 4.74 Å². The minimum absolute atomic E-state index is 0.0328. The molecule has 1 aromatic heterocycles. The smallest absolute Gasteiger partial charge is 0.310 e. The summed E-state index contributed by atoms with van der Waals surface area (Å²) in [7, 11) is 0. The van der Waals surface area contributed by atoms with E-state index < -0.39 is 22.5 Å². The highest BCUT2D eigenvalue weighted by molar-refractivity contribution is 5.94. The molecule has 11 heteroatoms. The molecular formula is C21H22F2N4O5. The Kier molecular flexibility index (Phi) is 6.45. The van der Waals surface area contributed by atoms with Crippen molar-refractivity contribution in [2.75, 3.05) is 31.2 Å². The van der Waals surface area contributed by atoms with Gasteiger partial charge in [0.2, 0.25) is 0 Å².